The molecule has 3 rings (SSSR count). The van der Waals surface area contributed by atoms with E-state index in [9.17, 15) is 4.79 Å². The summed E-state index contributed by atoms with van der Waals surface area (Å²) >= 11 is 6.07. The minimum atomic E-state index is 0.0616. The Morgan fingerprint density at radius 3 is 2.68 bits per heavy atom. The maximum absolute atomic E-state index is 12.4. The summed E-state index contributed by atoms with van der Waals surface area (Å²) in [7, 11) is 0. The Hall–Kier alpha value is -2.53. The number of ether oxygens (including phenoxy) is 1. The summed E-state index contributed by atoms with van der Waals surface area (Å²) in [4.78, 5) is 17.2. The van der Waals surface area contributed by atoms with E-state index in [0.717, 1.165) is 65.4 Å². The van der Waals surface area contributed by atoms with Gasteiger partial charge in [0.1, 0.15) is 11.6 Å². The number of unbranched alkanes of at least 4 members (excludes halogenated alkanes) is 1. The van der Waals surface area contributed by atoms with Crippen LogP contribution < -0.4 is 10.1 Å². The summed E-state index contributed by atoms with van der Waals surface area (Å²) < 4.78 is 8.09. The molecule has 166 valence electrons. The van der Waals surface area contributed by atoms with Gasteiger partial charge in [0, 0.05) is 17.5 Å². The fourth-order valence-electron chi connectivity index (χ4n) is 3.75. The second-order valence-corrected chi connectivity index (χ2v) is 8.27. The molecule has 3 aromatic rings. The van der Waals surface area contributed by atoms with Crippen molar-refractivity contribution in [1.29, 1.82) is 0 Å². The zero-order valence-corrected chi connectivity index (χ0v) is 19.4. The molecular formula is C25H32ClN3O2. The molecule has 0 saturated heterocycles. The fourth-order valence-corrected chi connectivity index (χ4v) is 3.87. The van der Waals surface area contributed by atoms with Crippen molar-refractivity contribution in [2.24, 2.45) is 5.92 Å². The van der Waals surface area contributed by atoms with Gasteiger partial charge in [-0.3, -0.25) is 4.79 Å². The van der Waals surface area contributed by atoms with Gasteiger partial charge in [0.2, 0.25) is 5.91 Å². The Morgan fingerprint density at radius 1 is 1.16 bits per heavy atom. The van der Waals surface area contributed by atoms with Crippen molar-refractivity contribution < 1.29 is 9.53 Å². The molecule has 0 aliphatic heterocycles. The Labute approximate surface area is 189 Å². The second-order valence-electron chi connectivity index (χ2n) is 7.87. The Balaban J connectivity index is 1.59. The standard InChI is InChI=1S/C25H32ClN3O2/c1-4-19(5-2)25(30)27-17-24-28-22-10-6-7-11-23(22)29(24)14-8-9-15-31-20-12-13-21(26)18(3)16-20/h6-7,10-13,16,19H,4-5,8-9,14-15,17H2,1-3H3,(H,27,30). The van der Waals surface area contributed by atoms with Crippen LogP contribution in [0.3, 0.4) is 0 Å². The highest BCUT2D eigenvalue weighted by Gasteiger charge is 2.16. The summed E-state index contributed by atoms with van der Waals surface area (Å²) in [6.45, 7) is 8.01. The number of fused-ring (bicyclic) bond motifs is 1. The molecule has 0 bridgehead atoms. The van der Waals surface area contributed by atoms with Gasteiger partial charge in [-0.2, -0.15) is 0 Å². The predicted molar refractivity (Wildman–Crippen MR) is 127 cm³/mol. The first-order valence-corrected chi connectivity index (χ1v) is 11.5. The molecule has 1 amide bonds. The molecule has 1 N–H and O–H groups in total. The van der Waals surface area contributed by atoms with Crippen LogP contribution in [0.4, 0.5) is 0 Å². The molecule has 0 radical (unpaired) electrons. The van der Waals surface area contributed by atoms with E-state index in [2.05, 4.69) is 29.8 Å². The number of carbonyl (C=O) groups excluding carboxylic acids is 1. The molecular weight excluding hydrogens is 410 g/mol. The molecule has 5 nitrogen and oxygen atoms in total. The van der Waals surface area contributed by atoms with Gasteiger partial charge in [0.25, 0.3) is 0 Å². The van der Waals surface area contributed by atoms with Crippen LogP contribution in [0.5, 0.6) is 5.75 Å². The number of hydrogen-bond acceptors (Lipinski definition) is 3. The summed E-state index contributed by atoms with van der Waals surface area (Å²) in [6.07, 6.45) is 3.59. The van der Waals surface area contributed by atoms with Crippen LogP contribution in [0.1, 0.15) is 50.9 Å². The number of halogens is 1. The van der Waals surface area contributed by atoms with Gasteiger partial charge < -0.3 is 14.6 Å². The zero-order valence-electron chi connectivity index (χ0n) is 18.7. The van der Waals surface area contributed by atoms with E-state index < -0.39 is 0 Å². The van der Waals surface area contributed by atoms with Crippen molar-refractivity contribution in [3.8, 4) is 5.75 Å². The molecule has 0 atom stereocenters. The van der Waals surface area contributed by atoms with Crippen LogP contribution in [0, 0.1) is 12.8 Å². The number of amides is 1. The van der Waals surface area contributed by atoms with Gasteiger partial charge in [-0.15, -0.1) is 0 Å². The van der Waals surface area contributed by atoms with Crippen molar-refractivity contribution in [1.82, 2.24) is 14.9 Å². The zero-order chi connectivity index (χ0) is 22.2. The molecule has 0 unspecified atom stereocenters. The molecule has 0 fully saturated rings. The SMILES string of the molecule is CCC(CC)C(=O)NCc1nc2ccccc2n1CCCCOc1ccc(Cl)c(C)c1. The molecule has 2 aromatic carbocycles. The van der Waals surface area contributed by atoms with Gasteiger partial charge in [-0.25, -0.2) is 4.98 Å². The van der Waals surface area contributed by atoms with Crippen molar-refractivity contribution in [3.63, 3.8) is 0 Å². The molecule has 1 heterocycles. The van der Waals surface area contributed by atoms with E-state index in [4.69, 9.17) is 21.3 Å². The van der Waals surface area contributed by atoms with E-state index >= 15 is 0 Å². The highest BCUT2D eigenvalue weighted by Crippen LogP contribution is 2.21. The van der Waals surface area contributed by atoms with Crippen molar-refractivity contribution >= 4 is 28.5 Å². The third-order valence-electron chi connectivity index (χ3n) is 5.68. The lowest BCUT2D eigenvalue weighted by atomic mass is 10.0. The average molecular weight is 442 g/mol. The van der Waals surface area contributed by atoms with E-state index in [-0.39, 0.29) is 11.8 Å². The van der Waals surface area contributed by atoms with Crippen LogP contribution >= 0.6 is 11.6 Å². The van der Waals surface area contributed by atoms with Gasteiger partial charge in [0.05, 0.1) is 24.2 Å². The number of carbonyl (C=O) groups is 1. The monoisotopic (exact) mass is 441 g/mol. The third kappa shape index (κ3) is 6.01. The molecule has 0 aliphatic carbocycles. The lowest BCUT2D eigenvalue weighted by molar-refractivity contribution is -0.125. The number of aryl methyl sites for hydroxylation is 2. The number of benzene rings is 2. The summed E-state index contributed by atoms with van der Waals surface area (Å²) in [5, 5.41) is 3.83. The average Bonchev–Trinajstić information content (AvgIpc) is 3.13. The van der Waals surface area contributed by atoms with Crippen LogP contribution in [-0.4, -0.2) is 22.1 Å². The number of nitrogens with one attached hydrogen (secondary N) is 1. The van der Waals surface area contributed by atoms with Gasteiger partial charge in [-0.1, -0.05) is 37.6 Å². The van der Waals surface area contributed by atoms with Crippen LogP contribution in [0.2, 0.25) is 5.02 Å². The first-order valence-electron chi connectivity index (χ1n) is 11.1. The van der Waals surface area contributed by atoms with E-state index in [1.807, 2.05) is 43.3 Å². The minimum Gasteiger partial charge on any atom is -0.494 e. The van der Waals surface area contributed by atoms with Gasteiger partial charge in [-0.05, 0) is 68.5 Å². The molecule has 6 heteroatoms. The predicted octanol–water partition coefficient (Wildman–Crippen LogP) is 5.91. The highest BCUT2D eigenvalue weighted by atomic mass is 35.5. The van der Waals surface area contributed by atoms with E-state index in [1.54, 1.807) is 0 Å². The van der Waals surface area contributed by atoms with Crippen LogP contribution in [0.25, 0.3) is 11.0 Å². The van der Waals surface area contributed by atoms with Crippen LogP contribution in [0.15, 0.2) is 42.5 Å². The Morgan fingerprint density at radius 2 is 1.94 bits per heavy atom. The normalized spacial score (nSPS) is 11.3. The molecule has 31 heavy (non-hydrogen) atoms. The first kappa shape index (κ1) is 23.1. The number of imidazole rings is 1. The summed E-state index contributed by atoms with van der Waals surface area (Å²) in [5.74, 6) is 1.91. The topological polar surface area (TPSA) is 56.2 Å². The smallest absolute Gasteiger partial charge is 0.223 e. The van der Waals surface area contributed by atoms with Gasteiger partial charge >= 0.3 is 0 Å². The molecule has 0 aliphatic rings. The Kier molecular flexibility index (Phi) is 8.35. The minimum absolute atomic E-state index is 0.0616. The Bertz CT molecular complexity index is 1010. The van der Waals surface area contributed by atoms with Gasteiger partial charge in [0.15, 0.2) is 0 Å². The summed E-state index contributed by atoms with van der Waals surface area (Å²) in [5.41, 5.74) is 3.08. The fraction of sp³-hybridized carbons (Fsp3) is 0.440. The number of rotatable bonds is 11. The van der Waals surface area contributed by atoms with Crippen molar-refractivity contribution in [2.75, 3.05) is 6.61 Å². The van der Waals surface area contributed by atoms with Crippen molar-refractivity contribution in [3.05, 3.63) is 58.9 Å². The highest BCUT2D eigenvalue weighted by molar-refractivity contribution is 6.31. The number of para-hydroxylation sites is 2. The number of hydrogen-bond donors (Lipinski definition) is 1. The molecule has 1 aromatic heterocycles. The molecule has 0 saturated carbocycles. The van der Waals surface area contributed by atoms with Crippen LogP contribution in [-0.2, 0) is 17.9 Å². The number of aromatic nitrogens is 2. The molecule has 0 spiro atoms. The third-order valence-corrected chi connectivity index (χ3v) is 6.11. The quantitative estimate of drug-likeness (QED) is 0.376. The van der Waals surface area contributed by atoms with E-state index in [0.29, 0.717) is 13.2 Å². The lowest BCUT2D eigenvalue weighted by Gasteiger charge is -2.14. The summed E-state index contributed by atoms with van der Waals surface area (Å²) in [6, 6.07) is 13.9. The maximum atomic E-state index is 12.4. The van der Waals surface area contributed by atoms with E-state index in [1.165, 1.54) is 0 Å². The lowest BCUT2D eigenvalue weighted by Crippen LogP contribution is -2.30. The number of nitrogens with zero attached hydrogens (tertiary/aromatic N) is 2. The second kappa shape index (κ2) is 11.2. The van der Waals surface area contributed by atoms with Crippen molar-refractivity contribution in [2.45, 2.75) is 59.5 Å². The largest absolute Gasteiger partial charge is 0.494 e. The first-order chi connectivity index (χ1) is 15.0. The maximum Gasteiger partial charge on any atom is 0.223 e.